The lowest BCUT2D eigenvalue weighted by Crippen LogP contribution is -3.59. The highest BCUT2D eigenvalue weighted by molar-refractivity contribution is 4.84. The molecule has 17 unspecified atom stereocenters. The fourth-order valence-corrected chi connectivity index (χ4v) is 19.2. The van der Waals surface area contributed by atoms with Gasteiger partial charge in [0.1, 0.15) is 137 Å². The summed E-state index contributed by atoms with van der Waals surface area (Å²) in [6.45, 7) is 47.0. The van der Waals surface area contributed by atoms with Crippen LogP contribution in [0.15, 0.2) is 0 Å². The lowest BCUT2D eigenvalue weighted by Gasteiger charge is -2.36. The molecular formula is C47H97N13+12. The normalized spacial score (nSPS) is 50.5. The third-order valence-electron chi connectivity index (χ3n) is 21.0. The van der Waals surface area contributed by atoms with Crippen LogP contribution in [0.5, 0.6) is 0 Å². The van der Waals surface area contributed by atoms with E-state index in [-0.39, 0.29) is 0 Å². The standard InChI is InChI=1S/C24H46N4.C12H19N5.C11H20N4/c1-7-9-23(6,17-20(3)16-22(4,5)8-2)18-21-19-27-13-12-25-10-11-26-14-15-28(21)24(25,26)27;13-3-1-2-11-10-16-7-6-14-4-5-15-8-9-17(11)12(14,15)16;1-2-10-9-14-6-5-12-3-4-13-7-8-15(10)11(12,13)14/h20-21H,7-19H2,1-6H3;11H,1-2,4-10H2;10H,2-9H2,1H3/p+12/t20?,21?,23?,24-;11?,12-;10?,11-/m111/s1. The summed E-state index contributed by atoms with van der Waals surface area (Å²) in [5.41, 5.74) is 1.04. The van der Waals surface area contributed by atoms with E-state index in [1.807, 2.05) is 58.8 Å². The molecule has 12 rings (SSSR count). The quantitative estimate of drug-likeness (QED) is 0.0950. The SMILES string of the molecule is CCC1C[NH+]2CC[NH+]3CC[NH+]4CC[NH+]1[C@]342.CCCC(C)(CC(C)CC(C)(C)CC)CC1C[NH+]2CC[NH+]3CC[NH+]4CC[NH+]1[C@]342.N#CCCC1C[NH+]2CC[NH+]3CC[NH+]4CC[NH+]1[C@]342. The molecule has 0 radical (unpaired) electrons. The van der Waals surface area contributed by atoms with Crippen molar-refractivity contribution >= 4 is 0 Å². The largest absolute Gasteiger partial charge is 0.475 e. The highest BCUT2D eigenvalue weighted by Crippen LogP contribution is 2.40. The van der Waals surface area contributed by atoms with Gasteiger partial charge in [0.15, 0.2) is 18.1 Å². The van der Waals surface area contributed by atoms with E-state index in [9.17, 15) is 0 Å². The second-order valence-corrected chi connectivity index (χ2v) is 24.4. The number of rotatable bonds is 12. The van der Waals surface area contributed by atoms with Gasteiger partial charge in [-0.1, -0.05) is 61.3 Å². The molecule has 12 saturated heterocycles. The van der Waals surface area contributed by atoms with Gasteiger partial charge in [-0.15, -0.1) is 0 Å². The Morgan fingerprint density at radius 1 is 0.533 bits per heavy atom. The maximum atomic E-state index is 8.81. The van der Waals surface area contributed by atoms with Crippen LogP contribution in [0, 0.1) is 28.1 Å². The molecule has 13 nitrogen and oxygen atoms in total. The van der Waals surface area contributed by atoms with Crippen LogP contribution in [-0.2, 0) is 0 Å². The summed E-state index contributed by atoms with van der Waals surface area (Å²) in [6.07, 6.45) is 11.6. The summed E-state index contributed by atoms with van der Waals surface area (Å²) in [5.74, 6) is 2.43. The Balaban J connectivity index is 0.000000115. The summed E-state index contributed by atoms with van der Waals surface area (Å²) in [5, 5.41) is 8.81. The molecule has 0 aromatic rings. The van der Waals surface area contributed by atoms with Gasteiger partial charge in [0.25, 0.3) is 0 Å². The van der Waals surface area contributed by atoms with E-state index in [2.05, 4.69) is 54.5 Å². The molecule has 0 amide bonds. The van der Waals surface area contributed by atoms with Gasteiger partial charge in [-0.2, -0.15) is 64.1 Å². The van der Waals surface area contributed by atoms with Gasteiger partial charge in [0, 0.05) is 25.7 Å². The van der Waals surface area contributed by atoms with Gasteiger partial charge >= 0.3 is 17.7 Å². The van der Waals surface area contributed by atoms with Gasteiger partial charge in [0.2, 0.25) is 0 Å². The van der Waals surface area contributed by atoms with Gasteiger partial charge in [-0.3, -0.25) is 0 Å². The second kappa shape index (κ2) is 16.2. The molecule has 12 N–H and O–H groups in total. The summed E-state index contributed by atoms with van der Waals surface area (Å²) in [6, 6.07) is 4.97. The Morgan fingerprint density at radius 2 is 0.917 bits per heavy atom. The minimum Gasteiger partial charge on any atom is -0.198 e. The van der Waals surface area contributed by atoms with Crippen LogP contribution in [0.1, 0.15) is 106 Å². The molecule has 0 bridgehead atoms. The average molecular weight is 844 g/mol. The zero-order chi connectivity index (χ0) is 41.7. The smallest absolute Gasteiger partial charge is 0.198 e. The molecular weight excluding hydrogens is 747 g/mol. The molecule has 12 aliphatic rings. The van der Waals surface area contributed by atoms with E-state index in [0.717, 1.165) is 36.9 Å². The van der Waals surface area contributed by atoms with E-state index in [0.29, 0.717) is 28.6 Å². The third kappa shape index (κ3) is 6.34. The molecule has 0 aromatic carbocycles. The van der Waals surface area contributed by atoms with Crippen LogP contribution in [-0.4, -0.2) is 173 Å². The number of nitriles is 1. The summed E-state index contributed by atoms with van der Waals surface area (Å²) >= 11 is 0. The van der Waals surface area contributed by atoms with Gasteiger partial charge in [-0.05, 0) is 36.0 Å². The van der Waals surface area contributed by atoms with E-state index in [1.165, 1.54) is 182 Å². The highest BCUT2D eigenvalue weighted by atomic mass is 15.8. The molecule has 60 heavy (non-hydrogen) atoms. The third-order valence-corrected chi connectivity index (χ3v) is 21.0. The van der Waals surface area contributed by atoms with Crippen molar-refractivity contribution in [1.82, 2.24) is 0 Å². The van der Waals surface area contributed by atoms with Crippen molar-refractivity contribution < 1.29 is 58.8 Å². The van der Waals surface area contributed by atoms with E-state index < -0.39 is 0 Å². The lowest BCUT2D eigenvalue weighted by molar-refractivity contribution is -1.37. The average Bonchev–Trinajstić information content (AvgIpc) is 4.03. The van der Waals surface area contributed by atoms with Crippen molar-refractivity contribution in [3.63, 3.8) is 0 Å². The molecule has 0 aromatic heterocycles. The van der Waals surface area contributed by atoms with Gasteiger partial charge < -0.3 is 0 Å². The van der Waals surface area contributed by atoms with Crippen molar-refractivity contribution in [3.8, 4) is 6.07 Å². The van der Waals surface area contributed by atoms with Crippen LogP contribution in [0.3, 0.4) is 0 Å². The van der Waals surface area contributed by atoms with Crippen molar-refractivity contribution in [2.24, 2.45) is 16.7 Å². The minimum absolute atomic E-state index is 0.472. The summed E-state index contributed by atoms with van der Waals surface area (Å²) in [4.78, 5) is 23.2. The topological polar surface area (TPSA) is 77.1 Å². The number of quaternary nitrogens is 12. The zero-order valence-electron chi connectivity index (χ0n) is 40.0. The second-order valence-electron chi connectivity index (χ2n) is 24.4. The van der Waals surface area contributed by atoms with E-state index in [1.54, 1.807) is 0 Å². The first-order valence-corrected chi connectivity index (χ1v) is 26.6. The zero-order valence-corrected chi connectivity index (χ0v) is 40.0. The number of hydrogen-bond acceptors (Lipinski definition) is 1. The Hall–Kier alpha value is -0.990. The van der Waals surface area contributed by atoms with Crippen LogP contribution in [0.2, 0.25) is 0 Å². The van der Waals surface area contributed by atoms with Crippen LogP contribution >= 0.6 is 0 Å². The molecule has 0 aliphatic carbocycles. The summed E-state index contributed by atoms with van der Waals surface area (Å²) < 4.78 is 0. The molecule has 20 atom stereocenters. The number of nitrogens with one attached hydrogen (secondary N) is 12. The first-order valence-electron chi connectivity index (χ1n) is 26.6. The molecule has 0 saturated carbocycles. The minimum atomic E-state index is 0.472. The van der Waals surface area contributed by atoms with Gasteiger partial charge in [0.05, 0.1) is 6.07 Å². The van der Waals surface area contributed by atoms with E-state index in [4.69, 9.17) is 5.26 Å². The Kier molecular flexibility index (Phi) is 11.6. The lowest BCUT2D eigenvalue weighted by atomic mass is 9.70. The fourth-order valence-electron chi connectivity index (χ4n) is 19.2. The molecule has 13 heteroatoms. The van der Waals surface area contributed by atoms with Crippen molar-refractivity contribution in [2.75, 3.05) is 137 Å². The Labute approximate surface area is 365 Å². The first-order chi connectivity index (χ1) is 29.0. The van der Waals surface area contributed by atoms with Crippen LogP contribution in [0.4, 0.5) is 0 Å². The van der Waals surface area contributed by atoms with Crippen molar-refractivity contribution in [2.45, 2.75) is 142 Å². The number of nitrogens with zero attached hydrogens (tertiary/aromatic N) is 1. The highest BCUT2D eigenvalue weighted by Gasteiger charge is 2.84. The fraction of sp³-hybridized carbons (Fsp3) is 0.979. The molecule has 12 fully saturated rings. The van der Waals surface area contributed by atoms with E-state index >= 15 is 0 Å². The van der Waals surface area contributed by atoms with Crippen molar-refractivity contribution in [3.05, 3.63) is 0 Å². The molecule has 12 aliphatic heterocycles. The Morgan fingerprint density at radius 3 is 1.33 bits per heavy atom. The predicted molar refractivity (Wildman–Crippen MR) is 229 cm³/mol. The molecule has 338 valence electrons. The molecule has 12 heterocycles. The summed E-state index contributed by atoms with van der Waals surface area (Å²) in [7, 11) is 0. The van der Waals surface area contributed by atoms with Crippen molar-refractivity contribution in [1.29, 1.82) is 5.26 Å². The monoisotopic (exact) mass is 844 g/mol. The van der Waals surface area contributed by atoms with Crippen LogP contribution < -0.4 is 58.8 Å². The first kappa shape index (κ1) is 42.9. The predicted octanol–water partition coefficient (Wildman–Crippen LogP) is -13.6. The Bertz CT molecular complexity index is 1560. The molecule has 3 spiro atoms. The van der Waals surface area contributed by atoms with Gasteiger partial charge in [-0.25, -0.2) is 0 Å². The maximum Gasteiger partial charge on any atom is 0.475 e. The maximum absolute atomic E-state index is 8.81. The van der Waals surface area contributed by atoms with Crippen LogP contribution in [0.25, 0.3) is 0 Å². The number of hydrogen-bond donors (Lipinski definition) is 12.